The number of nitrogens with two attached hydrogens (primary N) is 1. The van der Waals surface area contributed by atoms with Gasteiger partial charge in [-0.1, -0.05) is 13.8 Å². The van der Waals surface area contributed by atoms with Crippen molar-refractivity contribution in [2.45, 2.75) is 39.4 Å². The van der Waals surface area contributed by atoms with Crippen LogP contribution >= 0.6 is 0 Å². The molecule has 0 unspecified atom stereocenters. The lowest BCUT2D eigenvalue weighted by molar-refractivity contribution is -0.137. The van der Waals surface area contributed by atoms with E-state index in [2.05, 4.69) is 13.8 Å². The van der Waals surface area contributed by atoms with Crippen LogP contribution in [0.5, 0.6) is 5.75 Å². The molecule has 1 aromatic rings. The van der Waals surface area contributed by atoms with E-state index >= 15 is 0 Å². The van der Waals surface area contributed by atoms with Crippen molar-refractivity contribution in [2.24, 2.45) is 11.7 Å². The Kier molecular flexibility index (Phi) is 5.66. The van der Waals surface area contributed by atoms with Gasteiger partial charge in [-0.3, -0.25) is 0 Å². The summed E-state index contributed by atoms with van der Waals surface area (Å²) in [6.07, 6.45) is -2.44. The first-order valence-electron chi connectivity index (χ1n) is 6.37. The summed E-state index contributed by atoms with van der Waals surface area (Å²) in [5, 5.41) is 0. The van der Waals surface area contributed by atoms with E-state index in [9.17, 15) is 13.2 Å². The van der Waals surface area contributed by atoms with E-state index in [0.717, 1.165) is 25.0 Å². The van der Waals surface area contributed by atoms with Gasteiger partial charge in [-0.05, 0) is 37.0 Å². The highest BCUT2D eigenvalue weighted by molar-refractivity contribution is 5.38. The van der Waals surface area contributed by atoms with Gasteiger partial charge in [0.05, 0.1) is 12.2 Å². The van der Waals surface area contributed by atoms with Crippen LogP contribution in [0.15, 0.2) is 18.2 Å². The quantitative estimate of drug-likeness (QED) is 0.797. The van der Waals surface area contributed by atoms with Crippen molar-refractivity contribution in [1.29, 1.82) is 0 Å². The summed E-state index contributed by atoms with van der Waals surface area (Å²) in [7, 11) is 0. The van der Waals surface area contributed by atoms with Gasteiger partial charge in [0.2, 0.25) is 0 Å². The first-order valence-corrected chi connectivity index (χ1v) is 6.37. The molecule has 1 aromatic carbocycles. The number of hydrogen-bond donors (Lipinski definition) is 1. The maximum Gasteiger partial charge on any atom is 0.416 e. The summed E-state index contributed by atoms with van der Waals surface area (Å²) in [6, 6.07) is 3.43. The molecule has 0 aliphatic heterocycles. The second-order valence-corrected chi connectivity index (χ2v) is 4.91. The lowest BCUT2D eigenvalue weighted by atomic mass is 10.1. The molecule has 0 saturated heterocycles. The Labute approximate surface area is 111 Å². The molecule has 0 radical (unpaired) electrons. The summed E-state index contributed by atoms with van der Waals surface area (Å²) in [5.74, 6) is 1.03. The Bertz CT molecular complexity index is 402. The summed E-state index contributed by atoms with van der Waals surface area (Å²) >= 11 is 0. The highest BCUT2D eigenvalue weighted by atomic mass is 19.4. The molecular weight excluding hydrogens is 255 g/mol. The van der Waals surface area contributed by atoms with E-state index in [1.807, 2.05) is 0 Å². The van der Waals surface area contributed by atoms with Crippen molar-refractivity contribution < 1.29 is 17.9 Å². The van der Waals surface area contributed by atoms with Gasteiger partial charge in [0.25, 0.3) is 0 Å². The zero-order valence-corrected chi connectivity index (χ0v) is 11.3. The number of rotatable bonds is 6. The Morgan fingerprint density at radius 1 is 1.26 bits per heavy atom. The Balaban J connectivity index is 2.69. The maximum atomic E-state index is 12.5. The largest absolute Gasteiger partial charge is 0.493 e. The third-order valence-electron chi connectivity index (χ3n) is 2.79. The van der Waals surface area contributed by atoms with Crippen LogP contribution in [0.1, 0.15) is 37.8 Å². The summed E-state index contributed by atoms with van der Waals surface area (Å²) in [6.45, 7) is 4.76. The standard InChI is InChI=1S/C14H20F3NO/c1-10(2)4-3-7-19-13-6-5-12(14(15,16)17)8-11(13)9-18/h5-6,8,10H,3-4,7,9,18H2,1-2H3. The molecule has 0 aliphatic carbocycles. The third-order valence-corrected chi connectivity index (χ3v) is 2.79. The molecule has 2 nitrogen and oxygen atoms in total. The first-order chi connectivity index (χ1) is 8.84. The Morgan fingerprint density at radius 2 is 1.95 bits per heavy atom. The maximum absolute atomic E-state index is 12.5. The van der Waals surface area contributed by atoms with E-state index in [-0.39, 0.29) is 6.54 Å². The van der Waals surface area contributed by atoms with Gasteiger partial charge in [0, 0.05) is 12.1 Å². The molecule has 0 bridgehead atoms. The molecule has 0 aliphatic rings. The second-order valence-electron chi connectivity index (χ2n) is 4.91. The van der Waals surface area contributed by atoms with Crippen molar-refractivity contribution in [2.75, 3.05) is 6.61 Å². The fourth-order valence-corrected chi connectivity index (χ4v) is 1.73. The SMILES string of the molecule is CC(C)CCCOc1ccc(C(F)(F)F)cc1CN. The van der Waals surface area contributed by atoms with E-state index in [1.165, 1.54) is 6.07 Å². The van der Waals surface area contributed by atoms with Gasteiger partial charge in [-0.25, -0.2) is 0 Å². The van der Waals surface area contributed by atoms with Gasteiger partial charge in [0.1, 0.15) is 5.75 Å². The van der Waals surface area contributed by atoms with Crippen LogP contribution in [-0.4, -0.2) is 6.61 Å². The zero-order valence-electron chi connectivity index (χ0n) is 11.3. The lowest BCUT2D eigenvalue weighted by Gasteiger charge is -2.14. The zero-order chi connectivity index (χ0) is 14.5. The Morgan fingerprint density at radius 3 is 2.47 bits per heavy atom. The predicted octanol–water partition coefficient (Wildman–Crippen LogP) is 3.98. The molecule has 0 aromatic heterocycles. The molecule has 0 spiro atoms. The molecule has 0 heterocycles. The van der Waals surface area contributed by atoms with E-state index in [4.69, 9.17) is 10.5 Å². The van der Waals surface area contributed by atoms with Crippen LogP contribution < -0.4 is 10.5 Å². The second kappa shape index (κ2) is 6.80. The summed E-state index contributed by atoms with van der Waals surface area (Å²) < 4.78 is 43.1. The monoisotopic (exact) mass is 275 g/mol. The van der Waals surface area contributed by atoms with Crippen molar-refractivity contribution in [3.05, 3.63) is 29.3 Å². The van der Waals surface area contributed by atoms with Crippen molar-refractivity contribution in [3.8, 4) is 5.75 Å². The van der Waals surface area contributed by atoms with Crippen LogP contribution in [0, 0.1) is 5.92 Å². The van der Waals surface area contributed by atoms with Crippen LogP contribution in [-0.2, 0) is 12.7 Å². The van der Waals surface area contributed by atoms with Crippen molar-refractivity contribution >= 4 is 0 Å². The molecule has 0 fully saturated rings. The number of ether oxygens (including phenoxy) is 1. The molecule has 1 rings (SSSR count). The van der Waals surface area contributed by atoms with Gasteiger partial charge in [-0.15, -0.1) is 0 Å². The number of alkyl halides is 3. The molecule has 0 atom stereocenters. The number of benzene rings is 1. The molecule has 0 saturated carbocycles. The van der Waals surface area contributed by atoms with Crippen LogP contribution in [0.3, 0.4) is 0 Å². The van der Waals surface area contributed by atoms with E-state index < -0.39 is 11.7 Å². The topological polar surface area (TPSA) is 35.2 Å². The fraction of sp³-hybridized carbons (Fsp3) is 0.571. The normalized spacial score (nSPS) is 11.9. The summed E-state index contributed by atoms with van der Waals surface area (Å²) in [5.41, 5.74) is 5.16. The minimum Gasteiger partial charge on any atom is -0.493 e. The Hall–Kier alpha value is -1.23. The molecule has 2 N–H and O–H groups in total. The highest BCUT2D eigenvalue weighted by Gasteiger charge is 2.30. The van der Waals surface area contributed by atoms with Crippen molar-refractivity contribution in [1.82, 2.24) is 0 Å². The lowest BCUT2D eigenvalue weighted by Crippen LogP contribution is -2.09. The average Bonchev–Trinajstić information content (AvgIpc) is 2.33. The molecule has 19 heavy (non-hydrogen) atoms. The van der Waals surface area contributed by atoms with Gasteiger partial charge in [-0.2, -0.15) is 13.2 Å². The number of hydrogen-bond acceptors (Lipinski definition) is 2. The van der Waals surface area contributed by atoms with E-state index in [0.29, 0.717) is 23.8 Å². The fourth-order valence-electron chi connectivity index (χ4n) is 1.73. The van der Waals surface area contributed by atoms with Gasteiger partial charge in [0.15, 0.2) is 0 Å². The van der Waals surface area contributed by atoms with Crippen LogP contribution in [0.2, 0.25) is 0 Å². The molecule has 108 valence electrons. The van der Waals surface area contributed by atoms with E-state index in [1.54, 1.807) is 0 Å². The minimum absolute atomic E-state index is 0.0312. The molecule has 5 heteroatoms. The third kappa shape index (κ3) is 5.11. The molecular formula is C14H20F3NO. The van der Waals surface area contributed by atoms with Gasteiger partial charge < -0.3 is 10.5 Å². The van der Waals surface area contributed by atoms with Crippen LogP contribution in [0.25, 0.3) is 0 Å². The number of halogens is 3. The van der Waals surface area contributed by atoms with Crippen LogP contribution in [0.4, 0.5) is 13.2 Å². The minimum atomic E-state index is -4.35. The summed E-state index contributed by atoms with van der Waals surface area (Å²) in [4.78, 5) is 0. The smallest absolute Gasteiger partial charge is 0.416 e. The predicted molar refractivity (Wildman–Crippen MR) is 68.9 cm³/mol. The average molecular weight is 275 g/mol. The first kappa shape index (κ1) is 15.8. The highest BCUT2D eigenvalue weighted by Crippen LogP contribution is 2.32. The van der Waals surface area contributed by atoms with Gasteiger partial charge >= 0.3 is 6.18 Å². The van der Waals surface area contributed by atoms with Crippen molar-refractivity contribution in [3.63, 3.8) is 0 Å². The molecule has 0 amide bonds.